The molecule has 5 nitrogen and oxygen atoms in total. The van der Waals surface area contributed by atoms with Gasteiger partial charge in [-0.1, -0.05) is 24.3 Å². The van der Waals surface area contributed by atoms with Gasteiger partial charge < -0.3 is 10.2 Å². The second kappa shape index (κ2) is 7.83. The zero-order valence-electron chi connectivity index (χ0n) is 15.4. The third kappa shape index (κ3) is 3.85. The SMILES string of the molecule is CC(C)N(C)c1ccc(CN2CCNC(=O)[C@H]2c2ccccc2F)cn1. The van der Waals surface area contributed by atoms with Crippen molar-refractivity contribution in [2.24, 2.45) is 0 Å². The van der Waals surface area contributed by atoms with Crippen molar-refractivity contribution in [3.8, 4) is 0 Å². The number of hydrogen-bond acceptors (Lipinski definition) is 4. The minimum atomic E-state index is -0.622. The van der Waals surface area contributed by atoms with Crippen LogP contribution in [0.25, 0.3) is 0 Å². The van der Waals surface area contributed by atoms with Crippen molar-refractivity contribution in [3.05, 3.63) is 59.5 Å². The predicted octanol–water partition coefficient (Wildman–Crippen LogP) is 2.74. The molecule has 0 bridgehead atoms. The number of carbonyl (C=O) groups excluding carboxylic acids is 1. The van der Waals surface area contributed by atoms with Crippen molar-refractivity contribution in [2.45, 2.75) is 32.5 Å². The van der Waals surface area contributed by atoms with Crippen LogP contribution in [0.5, 0.6) is 0 Å². The highest BCUT2D eigenvalue weighted by atomic mass is 19.1. The van der Waals surface area contributed by atoms with E-state index in [4.69, 9.17) is 0 Å². The van der Waals surface area contributed by atoms with E-state index in [1.54, 1.807) is 18.2 Å². The number of pyridine rings is 1. The quantitative estimate of drug-likeness (QED) is 0.895. The van der Waals surface area contributed by atoms with E-state index in [0.717, 1.165) is 11.4 Å². The number of carbonyl (C=O) groups is 1. The molecule has 1 aromatic carbocycles. The lowest BCUT2D eigenvalue weighted by molar-refractivity contribution is -0.129. The fourth-order valence-electron chi connectivity index (χ4n) is 3.14. The Morgan fingerprint density at radius 1 is 1.31 bits per heavy atom. The Hall–Kier alpha value is -2.47. The summed E-state index contributed by atoms with van der Waals surface area (Å²) >= 11 is 0. The highest BCUT2D eigenvalue weighted by Gasteiger charge is 2.32. The number of halogens is 1. The molecule has 0 spiro atoms. The Bertz CT molecular complexity index is 763. The van der Waals surface area contributed by atoms with Gasteiger partial charge in [-0.3, -0.25) is 9.69 Å². The lowest BCUT2D eigenvalue weighted by Crippen LogP contribution is -2.49. The molecule has 3 rings (SSSR count). The fraction of sp³-hybridized carbons (Fsp3) is 0.400. The zero-order chi connectivity index (χ0) is 18.7. The molecule has 1 atom stereocenters. The predicted molar refractivity (Wildman–Crippen MR) is 100 cm³/mol. The van der Waals surface area contributed by atoms with E-state index < -0.39 is 6.04 Å². The lowest BCUT2D eigenvalue weighted by atomic mass is 10.0. The largest absolute Gasteiger partial charge is 0.357 e. The Morgan fingerprint density at radius 2 is 2.08 bits per heavy atom. The Morgan fingerprint density at radius 3 is 2.73 bits per heavy atom. The maximum Gasteiger partial charge on any atom is 0.242 e. The molecular weight excluding hydrogens is 331 g/mol. The number of rotatable bonds is 5. The number of benzene rings is 1. The lowest BCUT2D eigenvalue weighted by Gasteiger charge is -2.35. The van der Waals surface area contributed by atoms with Crippen LogP contribution >= 0.6 is 0 Å². The summed E-state index contributed by atoms with van der Waals surface area (Å²) in [5.41, 5.74) is 1.41. The van der Waals surface area contributed by atoms with E-state index in [9.17, 15) is 9.18 Å². The van der Waals surface area contributed by atoms with Crippen LogP contribution in [0, 0.1) is 5.82 Å². The monoisotopic (exact) mass is 356 g/mol. The number of anilines is 1. The van der Waals surface area contributed by atoms with Gasteiger partial charge in [0, 0.05) is 44.5 Å². The second-order valence-electron chi connectivity index (χ2n) is 6.91. The van der Waals surface area contributed by atoms with Crippen molar-refractivity contribution in [3.63, 3.8) is 0 Å². The van der Waals surface area contributed by atoms with Gasteiger partial charge in [-0.15, -0.1) is 0 Å². The van der Waals surface area contributed by atoms with Gasteiger partial charge in [-0.2, -0.15) is 0 Å². The van der Waals surface area contributed by atoms with Gasteiger partial charge in [0.2, 0.25) is 5.91 Å². The van der Waals surface area contributed by atoms with Crippen LogP contribution in [0.1, 0.15) is 31.0 Å². The second-order valence-corrected chi connectivity index (χ2v) is 6.91. The molecule has 1 amide bonds. The summed E-state index contributed by atoms with van der Waals surface area (Å²) in [6.07, 6.45) is 1.83. The van der Waals surface area contributed by atoms with Gasteiger partial charge in [-0.25, -0.2) is 9.37 Å². The first-order chi connectivity index (χ1) is 12.5. The first-order valence-corrected chi connectivity index (χ1v) is 8.91. The minimum Gasteiger partial charge on any atom is -0.357 e. The van der Waals surface area contributed by atoms with Gasteiger partial charge in [0.25, 0.3) is 0 Å². The summed E-state index contributed by atoms with van der Waals surface area (Å²) in [5.74, 6) is 0.392. The van der Waals surface area contributed by atoms with Crippen molar-refractivity contribution >= 4 is 11.7 Å². The molecule has 0 unspecified atom stereocenters. The van der Waals surface area contributed by atoms with Crippen molar-refractivity contribution in [1.29, 1.82) is 0 Å². The van der Waals surface area contributed by atoms with Crippen LogP contribution in [-0.2, 0) is 11.3 Å². The van der Waals surface area contributed by atoms with Gasteiger partial charge in [0.1, 0.15) is 17.7 Å². The van der Waals surface area contributed by atoms with E-state index >= 15 is 0 Å². The molecule has 1 fully saturated rings. The molecular formula is C20H25FN4O. The average molecular weight is 356 g/mol. The van der Waals surface area contributed by atoms with E-state index in [0.29, 0.717) is 31.2 Å². The van der Waals surface area contributed by atoms with Crippen LogP contribution in [0.3, 0.4) is 0 Å². The standard InChI is InChI=1S/C20H25FN4O/c1-14(2)24(3)18-9-8-15(12-23-18)13-25-11-10-22-20(26)19(25)16-6-4-5-7-17(16)21/h4-9,12,14,19H,10-11,13H2,1-3H3,(H,22,26)/t19-/m1/s1. The number of nitrogens with zero attached hydrogens (tertiary/aromatic N) is 3. The maximum atomic E-state index is 14.3. The molecule has 2 aromatic rings. The van der Waals surface area contributed by atoms with Gasteiger partial charge >= 0.3 is 0 Å². The van der Waals surface area contributed by atoms with Gasteiger partial charge in [0.05, 0.1) is 0 Å². The zero-order valence-corrected chi connectivity index (χ0v) is 15.4. The Kier molecular flexibility index (Phi) is 5.52. The van der Waals surface area contributed by atoms with Crippen LogP contribution < -0.4 is 10.2 Å². The molecule has 1 aliphatic heterocycles. The van der Waals surface area contributed by atoms with Crippen LogP contribution in [-0.4, -0.2) is 42.0 Å². The van der Waals surface area contributed by atoms with E-state index in [-0.39, 0.29) is 11.7 Å². The topological polar surface area (TPSA) is 48.5 Å². The molecule has 1 aliphatic rings. The first-order valence-electron chi connectivity index (χ1n) is 8.91. The smallest absolute Gasteiger partial charge is 0.242 e. The van der Waals surface area contributed by atoms with E-state index in [1.807, 2.05) is 30.3 Å². The summed E-state index contributed by atoms with van der Waals surface area (Å²) in [5, 5.41) is 2.84. The molecule has 0 radical (unpaired) electrons. The molecule has 2 heterocycles. The number of piperazine rings is 1. The number of hydrogen-bond donors (Lipinski definition) is 1. The average Bonchev–Trinajstić information content (AvgIpc) is 2.63. The molecule has 1 saturated heterocycles. The molecule has 0 saturated carbocycles. The van der Waals surface area contributed by atoms with Gasteiger partial charge in [0.15, 0.2) is 0 Å². The van der Waals surface area contributed by atoms with E-state index in [1.165, 1.54) is 6.07 Å². The van der Waals surface area contributed by atoms with Crippen molar-refractivity contribution < 1.29 is 9.18 Å². The molecule has 6 heteroatoms. The maximum absolute atomic E-state index is 14.3. The highest BCUT2D eigenvalue weighted by Crippen LogP contribution is 2.27. The van der Waals surface area contributed by atoms with Crippen molar-refractivity contribution in [1.82, 2.24) is 15.2 Å². The first kappa shape index (κ1) is 18.3. The highest BCUT2D eigenvalue weighted by molar-refractivity contribution is 5.84. The summed E-state index contributed by atoms with van der Waals surface area (Å²) in [4.78, 5) is 21.0. The van der Waals surface area contributed by atoms with E-state index in [2.05, 4.69) is 29.0 Å². The molecule has 1 N–H and O–H groups in total. The molecule has 26 heavy (non-hydrogen) atoms. The van der Waals surface area contributed by atoms with Crippen LogP contribution in [0.15, 0.2) is 42.6 Å². The Labute approximate surface area is 153 Å². The minimum absolute atomic E-state index is 0.162. The van der Waals surface area contributed by atoms with Crippen LogP contribution in [0.4, 0.5) is 10.2 Å². The third-order valence-corrected chi connectivity index (χ3v) is 4.84. The summed E-state index contributed by atoms with van der Waals surface area (Å²) in [6.45, 7) is 6.00. The normalized spacial score (nSPS) is 18.0. The number of amides is 1. The molecule has 138 valence electrons. The summed E-state index contributed by atoms with van der Waals surface area (Å²) < 4.78 is 14.3. The van der Waals surface area contributed by atoms with Gasteiger partial charge in [-0.05, 0) is 31.5 Å². The van der Waals surface area contributed by atoms with Crippen molar-refractivity contribution in [2.75, 3.05) is 25.0 Å². The fourth-order valence-corrected chi connectivity index (χ4v) is 3.14. The summed E-state index contributed by atoms with van der Waals surface area (Å²) in [7, 11) is 2.01. The number of aromatic nitrogens is 1. The third-order valence-electron chi connectivity index (χ3n) is 4.84. The molecule has 1 aromatic heterocycles. The van der Waals surface area contributed by atoms with Crippen LogP contribution in [0.2, 0.25) is 0 Å². The molecule has 0 aliphatic carbocycles. The Balaban J connectivity index is 1.81. The number of nitrogens with one attached hydrogen (secondary N) is 1. The summed E-state index contributed by atoms with van der Waals surface area (Å²) in [6, 6.07) is 10.2.